The Kier molecular flexibility index (Phi) is 6.54. The molecule has 0 amide bonds. The molecule has 1 aromatic carbocycles. The van der Waals surface area contributed by atoms with Gasteiger partial charge in [0, 0.05) is 18.7 Å². The highest BCUT2D eigenvalue weighted by atomic mass is 32.2. The Bertz CT molecular complexity index is 592. The topological polar surface area (TPSA) is 104 Å². The quantitative estimate of drug-likeness (QED) is 0.626. The molecule has 0 heterocycles. The minimum absolute atomic E-state index is 0.0834. The van der Waals surface area contributed by atoms with Gasteiger partial charge in [0.15, 0.2) is 0 Å². The van der Waals surface area contributed by atoms with Crippen molar-refractivity contribution in [3.8, 4) is 0 Å². The van der Waals surface area contributed by atoms with Gasteiger partial charge in [0.25, 0.3) is 0 Å². The molecule has 0 aromatic heterocycles. The highest BCUT2D eigenvalue weighted by Gasteiger charge is 2.18. The maximum Gasteiger partial charge on any atom is 0.328 e. The highest BCUT2D eigenvalue weighted by Crippen LogP contribution is 2.13. The monoisotopic (exact) mass is 313 g/mol. The van der Waals surface area contributed by atoms with E-state index in [0.717, 1.165) is 6.08 Å². The van der Waals surface area contributed by atoms with Crippen LogP contribution in [0.25, 0.3) is 6.08 Å². The summed E-state index contributed by atoms with van der Waals surface area (Å²) < 4.78 is 26.8. The molecule has 1 atom stereocenters. The third-order valence-corrected chi connectivity index (χ3v) is 4.44. The molecule has 0 saturated heterocycles. The van der Waals surface area contributed by atoms with Crippen LogP contribution in [0.5, 0.6) is 0 Å². The SMILES string of the molecule is CCC(CCO)NS(=O)(=O)c1ccc(/C=C/C(=O)O)cc1. The Hall–Kier alpha value is -1.70. The molecule has 3 N–H and O–H groups in total. The molecule has 7 heteroatoms. The van der Waals surface area contributed by atoms with E-state index >= 15 is 0 Å². The normalized spacial score (nSPS) is 13.4. The number of hydrogen-bond acceptors (Lipinski definition) is 4. The second kappa shape index (κ2) is 7.92. The lowest BCUT2D eigenvalue weighted by Crippen LogP contribution is -2.35. The summed E-state index contributed by atoms with van der Waals surface area (Å²) >= 11 is 0. The number of nitrogens with one attached hydrogen (secondary N) is 1. The van der Waals surface area contributed by atoms with Crippen LogP contribution in [-0.2, 0) is 14.8 Å². The zero-order valence-electron chi connectivity index (χ0n) is 11.7. The lowest BCUT2D eigenvalue weighted by atomic mass is 10.2. The molecule has 0 spiro atoms. The zero-order valence-corrected chi connectivity index (χ0v) is 12.5. The fourth-order valence-corrected chi connectivity index (χ4v) is 3.07. The van der Waals surface area contributed by atoms with Crippen LogP contribution < -0.4 is 4.72 Å². The van der Waals surface area contributed by atoms with Gasteiger partial charge < -0.3 is 10.2 Å². The van der Waals surface area contributed by atoms with Gasteiger partial charge in [-0.2, -0.15) is 0 Å². The molecule has 1 rings (SSSR count). The Morgan fingerprint density at radius 2 is 1.95 bits per heavy atom. The molecule has 0 bridgehead atoms. The summed E-state index contributed by atoms with van der Waals surface area (Å²) in [6.45, 7) is 1.75. The van der Waals surface area contributed by atoms with E-state index in [4.69, 9.17) is 10.2 Å². The molecular weight excluding hydrogens is 294 g/mol. The fourth-order valence-electron chi connectivity index (χ4n) is 1.72. The van der Waals surface area contributed by atoms with Gasteiger partial charge in [-0.25, -0.2) is 17.9 Å². The molecule has 0 aliphatic carbocycles. The number of aliphatic hydroxyl groups is 1. The number of carboxylic acid groups (broad SMARTS) is 1. The van der Waals surface area contributed by atoms with Gasteiger partial charge >= 0.3 is 5.97 Å². The minimum atomic E-state index is -3.64. The molecule has 0 aliphatic rings. The van der Waals surface area contributed by atoms with Crippen LogP contribution in [0.3, 0.4) is 0 Å². The van der Waals surface area contributed by atoms with Gasteiger partial charge in [0.05, 0.1) is 4.90 Å². The van der Waals surface area contributed by atoms with Crippen LogP contribution in [0.4, 0.5) is 0 Å². The summed E-state index contributed by atoms with van der Waals surface area (Å²) in [5, 5.41) is 17.4. The van der Waals surface area contributed by atoms with Crippen molar-refractivity contribution in [3.63, 3.8) is 0 Å². The predicted octanol–water partition coefficient (Wildman–Crippen LogP) is 1.22. The number of carbonyl (C=O) groups is 1. The van der Waals surface area contributed by atoms with Crippen LogP contribution >= 0.6 is 0 Å². The lowest BCUT2D eigenvalue weighted by Gasteiger charge is -2.15. The molecule has 116 valence electrons. The number of sulfonamides is 1. The van der Waals surface area contributed by atoms with E-state index in [1.54, 1.807) is 0 Å². The highest BCUT2D eigenvalue weighted by molar-refractivity contribution is 7.89. The largest absolute Gasteiger partial charge is 0.478 e. The Labute approximate surface area is 124 Å². The van der Waals surface area contributed by atoms with E-state index in [9.17, 15) is 13.2 Å². The molecule has 0 aliphatic heterocycles. The third-order valence-electron chi connectivity index (χ3n) is 2.90. The Balaban J connectivity index is 2.86. The summed E-state index contributed by atoms with van der Waals surface area (Å²) in [4.78, 5) is 10.5. The predicted molar refractivity (Wildman–Crippen MR) is 79.2 cm³/mol. The zero-order chi connectivity index (χ0) is 15.9. The number of aliphatic carboxylic acids is 1. The van der Waals surface area contributed by atoms with E-state index in [1.165, 1.54) is 30.3 Å². The van der Waals surface area contributed by atoms with Crippen molar-refractivity contribution in [1.82, 2.24) is 4.72 Å². The summed E-state index contributed by atoms with van der Waals surface area (Å²) in [6.07, 6.45) is 3.30. The van der Waals surface area contributed by atoms with Gasteiger partial charge in [0.1, 0.15) is 0 Å². The minimum Gasteiger partial charge on any atom is -0.478 e. The number of carboxylic acids is 1. The van der Waals surface area contributed by atoms with Gasteiger partial charge in [-0.15, -0.1) is 0 Å². The van der Waals surface area contributed by atoms with Crippen molar-refractivity contribution >= 4 is 22.1 Å². The lowest BCUT2D eigenvalue weighted by molar-refractivity contribution is -0.131. The summed E-state index contributed by atoms with van der Waals surface area (Å²) in [5.74, 6) is -1.07. The van der Waals surface area contributed by atoms with Gasteiger partial charge in [-0.3, -0.25) is 0 Å². The maximum atomic E-state index is 12.1. The van der Waals surface area contributed by atoms with Gasteiger partial charge in [0.2, 0.25) is 10.0 Å². The molecule has 0 radical (unpaired) electrons. The average molecular weight is 313 g/mol. The van der Waals surface area contributed by atoms with E-state index in [0.29, 0.717) is 18.4 Å². The summed E-state index contributed by atoms with van der Waals surface area (Å²) in [7, 11) is -3.64. The first-order chi connectivity index (χ1) is 9.89. The molecule has 1 unspecified atom stereocenters. The summed E-state index contributed by atoms with van der Waals surface area (Å²) in [6, 6.07) is 5.57. The van der Waals surface area contributed by atoms with Crippen LogP contribution in [-0.4, -0.2) is 37.2 Å². The van der Waals surface area contributed by atoms with E-state index in [1.807, 2.05) is 6.92 Å². The Morgan fingerprint density at radius 1 is 1.33 bits per heavy atom. The van der Waals surface area contributed by atoms with Crippen LogP contribution in [0, 0.1) is 0 Å². The summed E-state index contributed by atoms with van der Waals surface area (Å²) in [5.41, 5.74) is 0.596. The molecule has 1 aromatic rings. The number of hydrogen-bond donors (Lipinski definition) is 3. The van der Waals surface area contributed by atoms with Gasteiger partial charge in [-0.1, -0.05) is 19.1 Å². The molecule has 21 heavy (non-hydrogen) atoms. The fraction of sp³-hybridized carbons (Fsp3) is 0.357. The van der Waals surface area contributed by atoms with Gasteiger partial charge in [-0.05, 0) is 36.6 Å². The smallest absolute Gasteiger partial charge is 0.328 e. The molecule has 6 nitrogen and oxygen atoms in total. The molecule has 0 saturated carbocycles. The third kappa shape index (κ3) is 5.66. The Morgan fingerprint density at radius 3 is 2.43 bits per heavy atom. The van der Waals surface area contributed by atoms with Crippen molar-refractivity contribution in [3.05, 3.63) is 35.9 Å². The second-order valence-electron chi connectivity index (χ2n) is 4.48. The first-order valence-electron chi connectivity index (χ1n) is 6.53. The van der Waals surface area contributed by atoms with Crippen LogP contribution in [0.2, 0.25) is 0 Å². The van der Waals surface area contributed by atoms with E-state index < -0.39 is 16.0 Å². The van der Waals surface area contributed by atoms with Crippen molar-refractivity contribution in [2.24, 2.45) is 0 Å². The first kappa shape index (κ1) is 17.4. The van der Waals surface area contributed by atoms with Crippen molar-refractivity contribution < 1.29 is 23.4 Å². The van der Waals surface area contributed by atoms with Crippen molar-refractivity contribution in [2.45, 2.75) is 30.7 Å². The maximum absolute atomic E-state index is 12.1. The van der Waals surface area contributed by atoms with Crippen molar-refractivity contribution in [2.75, 3.05) is 6.61 Å². The standard InChI is InChI=1S/C14H19NO5S/c1-2-12(9-10-16)15-21(19,20)13-6-3-11(4-7-13)5-8-14(17)18/h3-8,12,15-16H,2,9-10H2,1H3,(H,17,18)/b8-5+. The second-order valence-corrected chi connectivity index (χ2v) is 6.19. The number of aliphatic hydroxyl groups excluding tert-OH is 1. The molecular formula is C14H19NO5S. The van der Waals surface area contributed by atoms with Crippen LogP contribution in [0.1, 0.15) is 25.3 Å². The molecule has 0 fully saturated rings. The number of rotatable bonds is 8. The van der Waals surface area contributed by atoms with E-state index in [2.05, 4.69) is 4.72 Å². The van der Waals surface area contributed by atoms with Crippen molar-refractivity contribution in [1.29, 1.82) is 0 Å². The van der Waals surface area contributed by atoms with E-state index in [-0.39, 0.29) is 17.5 Å². The first-order valence-corrected chi connectivity index (χ1v) is 8.01. The average Bonchev–Trinajstić information content (AvgIpc) is 2.45. The van der Waals surface area contributed by atoms with Crippen LogP contribution in [0.15, 0.2) is 35.2 Å². The number of benzene rings is 1.